The van der Waals surface area contributed by atoms with Crippen LogP contribution in [0.5, 0.6) is 0 Å². The second-order valence-electron chi connectivity index (χ2n) is 13.2. The molecule has 0 spiro atoms. The average molecular weight is 675 g/mol. The zero-order valence-corrected chi connectivity index (χ0v) is 28.6. The van der Waals surface area contributed by atoms with Crippen molar-refractivity contribution in [2.75, 3.05) is 0 Å². The highest BCUT2D eigenvalue weighted by atomic mass is 14.7. The molecule has 0 bridgehead atoms. The Bertz CT molecular complexity index is 2560. The van der Waals surface area contributed by atoms with E-state index in [0.29, 0.717) is 11.1 Å². The minimum atomic E-state index is -0.597. The Morgan fingerprint density at radius 2 is 0.792 bits per heavy atom. The Morgan fingerprint density at radius 1 is 0.377 bits per heavy atom. The highest BCUT2D eigenvalue weighted by molar-refractivity contribution is 5.90. The van der Waals surface area contributed by atoms with E-state index in [4.69, 9.17) is 0 Å². The molecule has 53 heavy (non-hydrogen) atoms. The summed E-state index contributed by atoms with van der Waals surface area (Å²) >= 11 is 0. The van der Waals surface area contributed by atoms with Gasteiger partial charge in [-0.15, -0.1) is 0 Å². The van der Waals surface area contributed by atoms with Crippen molar-refractivity contribution in [3.63, 3.8) is 0 Å². The molecule has 1 aliphatic carbocycles. The molecule has 1 aliphatic rings. The van der Waals surface area contributed by atoms with Crippen molar-refractivity contribution in [1.29, 1.82) is 10.5 Å². The van der Waals surface area contributed by atoms with Gasteiger partial charge in [0.15, 0.2) is 0 Å². The van der Waals surface area contributed by atoms with E-state index in [-0.39, 0.29) is 0 Å². The minimum Gasteiger partial charge on any atom is -0.256 e. The topological polar surface area (TPSA) is 73.4 Å². The normalized spacial score (nSPS) is 12.3. The number of pyridine rings is 2. The first-order valence-electron chi connectivity index (χ1n) is 17.5. The molecule has 2 aromatic heterocycles. The van der Waals surface area contributed by atoms with E-state index in [1.165, 1.54) is 33.4 Å². The number of nitriles is 2. The van der Waals surface area contributed by atoms with Crippen LogP contribution in [0.15, 0.2) is 182 Å². The molecular formula is C49H30N4. The maximum Gasteiger partial charge on any atom is 0.0992 e. The molecule has 0 saturated heterocycles. The van der Waals surface area contributed by atoms with E-state index in [2.05, 4.69) is 156 Å². The molecular weight excluding hydrogens is 645 g/mol. The minimum absolute atomic E-state index is 0.585. The summed E-state index contributed by atoms with van der Waals surface area (Å²) in [6.07, 6.45) is 3.38. The van der Waals surface area contributed by atoms with E-state index in [1.807, 2.05) is 24.3 Å². The fourth-order valence-electron chi connectivity index (χ4n) is 7.88. The van der Waals surface area contributed by atoms with Crippen molar-refractivity contribution in [1.82, 2.24) is 9.97 Å². The highest BCUT2D eigenvalue weighted by Crippen LogP contribution is 2.57. The number of fused-ring (bicyclic) bond motifs is 3. The quantitative estimate of drug-likeness (QED) is 0.176. The van der Waals surface area contributed by atoms with Crippen LogP contribution >= 0.6 is 0 Å². The number of hydrogen-bond donors (Lipinski definition) is 0. The highest BCUT2D eigenvalue weighted by Gasteiger charge is 2.46. The Morgan fingerprint density at radius 3 is 1.23 bits per heavy atom. The molecule has 4 nitrogen and oxygen atoms in total. The molecule has 4 heteroatoms. The van der Waals surface area contributed by atoms with Crippen LogP contribution < -0.4 is 0 Å². The lowest BCUT2D eigenvalue weighted by Gasteiger charge is -2.34. The van der Waals surface area contributed by atoms with Gasteiger partial charge in [-0.05, 0) is 104 Å². The molecule has 0 N–H and O–H groups in total. The van der Waals surface area contributed by atoms with Crippen LogP contribution in [0, 0.1) is 22.7 Å². The van der Waals surface area contributed by atoms with Gasteiger partial charge in [-0.3, -0.25) is 9.97 Å². The first-order chi connectivity index (χ1) is 26.1. The van der Waals surface area contributed by atoms with E-state index in [9.17, 15) is 10.5 Å². The predicted molar refractivity (Wildman–Crippen MR) is 211 cm³/mol. The van der Waals surface area contributed by atoms with Crippen LogP contribution in [0.4, 0.5) is 0 Å². The summed E-state index contributed by atoms with van der Waals surface area (Å²) in [5, 5.41) is 19.0. The molecule has 0 saturated carbocycles. The van der Waals surface area contributed by atoms with Crippen molar-refractivity contribution in [3.05, 3.63) is 216 Å². The van der Waals surface area contributed by atoms with Gasteiger partial charge in [0.05, 0.1) is 40.1 Å². The molecule has 6 aromatic carbocycles. The van der Waals surface area contributed by atoms with Crippen LogP contribution in [-0.2, 0) is 5.41 Å². The van der Waals surface area contributed by atoms with Gasteiger partial charge in [0, 0.05) is 23.5 Å². The lowest BCUT2D eigenvalue weighted by atomic mass is 9.67. The largest absolute Gasteiger partial charge is 0.256 e. The standard InChI is InChI=1S/C49H30N4/c50-31-33-21-23-52-47(25-33)39-11-7-9-35(27-39)37-17-19-43-44-20-18-38(36-10-8-12-40(28-36)48-26-34(32-51)22-24-53-48)30-46(44)49(45(43)29-37,41-13-3-1-4-14-41)42-15-5-2-6-16-42/h1-30H. The summed E-state index contributed by atoms with van der Waals surface area (Å²) in [5.74, 6) is 0. The Kier molecular flexibility index (Phi) is 7.77. The third-order valence-corrected chi connectivity index (χ3v) is 10.3. The average Bonchev–Trinajstić information content (AvgIpc) is 3.54. The summed E-state index contributed by atoms with van der Waals surface area (Å²) in [5.41, 5.74) is 15.6. The first kappa shape index (κ1) is 31.6. The molecule has 8 aromatic rings. The molecule has 0 radical (unpaired) electrons. The van der Waals surface area contributed by atoms with Crippen molar-refractivity contribution in [2.24, 2.45) is 0 Å². The second kappa shape index (κ2) is 13.1. The van der Waals surface area contributed by atoms with Crippen molar-refractivity contribution < 1.29 is 0 Å². The number of nitrogens with zero attached hydrogens (tertiary/aromatic N) is 4. The van der Waals surface area contributed by atoms with Crippen LogP contribution in [0.3, 0.4) is 0 Å². The van der Waals surface area contributed by atoms with E-state index < -0.39 is 5.41 Å². The molecule has 0 atom stereocenters. The molecule has 0 unspecified atom stereocenters. The molecule has 0 aliphatic heterocycles. The summed E-state index contributed by atoms with van der Waals surface area (Å²) in [6, 6.07) is 63.7. The third-order valence-electron chi connectivity index (χ3n) is 10.3. The summed E-state index contributed by atoms with van der Waals surface area (Å²) in [7, 11) is 0. The monoisotopic (exact) mass is 674 g/mol. The van der Waals surface area contributed by atoms with Gasteiger partial charge in [-0.25, -0.2) is 0 Å². The SMILES string of the molecule is N#Cc1ccnc(-c2cccc(-c3ccc4c(c3)C(c3ccccc3)(c3ccccc3)c3cc(-c5cccc(-c6cc(C#N)ccn6)c5)ccc3-4)c2)c1. The van der Waals surface area contributed by atoms with E-state index in [0.717, 1.165) is 44.8 Å². The number of benzene rings is 6. The lowest BCUT2D eigenvalue weighted by molar-refractivity contribution is 0.769. The molecule has 2 heterocycles. The Labute approximate surface area is 308 Å². The van der Waals surface area contributed by atoms with Gasteiger partial charge in [0.25, 0.3) is 0 Å². The van der Waals surface area contributed by atoms with Gasteiger partial charge >= 0.3 is 0 Å². The summed E-state index contributed by atoms with van der Waals surface area (Å²) < 4.78 is 0. The van der Waals surface area contributed by atoms with Crippen molar-refractivity contribution in [2.45, 2.75) is 5.41 Å². The summed E-state index contributed by atoms with van der Waals surface area (Å²) in [4.78, 5) is 9.15. The molecule has 0 fully saturated rings. The Balaban J connectivity index is 1.25. The van der Waals surface area contributed by atoms with Gasteiger partial charge in [0.2, 0.25) is 0 Å². The zero-order valence-electron chi connectivity index (χ0n) is 28.6. The van der Waals surface area contributed by atoms with Crippen molar-refractivity contribution in [3.8, 4) is 68.0 Å². The third kappa shape index (κ3) is 5.38. The van der Waals surface area contributed by atoms with Gasteiger partial charge < -0.3 is 0 Å². The fraction of sp³-hybridized carbons (Fsp3) is 0.0204. The van der Waals surface area contributed by atoms with Crippen LogP contribution in [0.2, 0.25) is 0 Å². The van der Waals surface area contributed by atoms with Gasteiger partial charge in [0.1, 0.15) is 0 Å². The lowest BCUT2D eigenvalue weighted by Crippen LogP contribution is -2.28. The molecule has 9 rings (SSSR count). The molecule has 0 amide bonds. The summed E-state index contributed by atoms with van der Waals surface area (Å²) in [6.45, 7) is 0. The van der Waals surface area contributed by atoms with Crippen molar-refractivity contribution >= 4 is 0 Å². The van der Waals surface area contributed by atoms with E-state index >= 15 is 0 Å². The number of rotatable bonds is 6. The predicted octanol–water partition coefficient (Wildman–Crippen LogP) is 11.3. The zero-order chi connectivity index (χ0) is 35.8. The smallest absolute Gasteiger partial charge is 0.0992 e. The van der Waals surface area contributed by atoms with Gasteiger partial charge in [-0.1, -0.05) is 121 Å². The second-order valence-corrected chi connectivity index (χ2v) is 13.2. The molecule has 246 valence electrons. The first-order valence-corrected chi connectivity index (χ1v) is 17.5. The van der Waals surface area contributed by atoms with Gasteiger partial charge in [-0.2, -0.15) is 10.5 Å². The van der Waals surface area contributed by atoms with E-state index in [1.54, 1.807) is 24.5 Å². The number of hydrogen-bond acceptors (Lipinski definition) is 4. The fourth-order valence-corrected chi connectivity index (χ4v) is 7.88. The Hall–Kier alpha value is -7.40. The van der Waals surface area contributed by atoms with Crippen LogP contribution in [-0.4, -0.2) is 9.97 Å². The maximum atomic E-state index is 9.51. The van der Waals surface area contributed by atoms with Crippen LogP contribution in [0.25, 0.3) is 55.9 Å². The maximum absolute atomic E-state index is 9.51. The van der Waals surface area contributed by atoms with Crippen LogP contribution in [0.1, 0.15) is 33.4 Å². The number of aromatic nitrogens is 2.